The van der Waals surface area contributed by atoms with Gasteiger partial charge in [-0.1, -0.05) is 32.6 Å². The third-order valence-corrected chi connectivity index (χ3v) is 3.59. The summed E-state index contributed by atoms with van der Waals surface area (Å²) in [5.74, 6) is 0.273. The first-order valence-corrected chi connectivity index (χ1v) is 6.93. The van der Waals surface area contributed by atoms with Gasteiger partial charge < -0.3 is 9.53 Å². The number of ether oxygens (including phenoxy) is 1. The van der Waals surface area contributed by atoms with E-state index in [9.17, 15) is 4.79 Å². The lowest BCUT2D eigenvalue weighted by Crippen LogP contribution is -2.17. The number of carbonyl (C=O) groups is 1. The van der Waals surface area contributed by atoms with E-state index in [1.54, 1.807) is 0 Å². The fourth-order valence-electron chi connectivity index (χ4n) is 2.36. The topological polar surface area (TPSA) is 26.3 Å². The summed E-state index contributed by atoms with van der Waals surface area (Å²) in [5, 5.41) is 0. The molecule has 1 rings (SSSR count). The van der Waals surface area contributed by atoms with Crippen LogP contribution in [0.25, 0.3) is 0 Å². The Kier molecular flexibility index (Phi) is 7.48. The van der Waals surface area contributed by atoms with Gasteiger partial charge in [0, 0.05) is 12.5 Å². The summed E-state index contributed by atoms with van der Waals surface area (Å²) >= 11 is 0. The molecule has 1 aliphatic rings. The summed E-state index contributed by atoms with van der Waals surface area (Å²) in [5.41, 5.74) is 0. The molecule has 0 spiro atoms. The first kappa shape index (κ1) is 13.7. The van der Waals surface area contributed by atoms with Gasteiger partial charge in [0.1, 0.15) is 6.29 Å². The Morgan fingerprint density at radius 1 is 1.25 bits per heavy atom. The van der Waals surface area contributed by atoms with E-state index in [4.69, 9.17) is 4.74 Å². The van der Waals surface area contributed by atoms with Crippen molar-refractivity contribution in [3.63, 3.8) is 0 Å². The van der Waals surface area contributed by atoms with Crippen LogP contribution in [0, 0.1) is 5.92 Å². The van der Waals surface area contributed by atoms with Gasteiger partial charge in [-0.3, -0.25) is 0 Å². The first-order valence-electron chi connectivity index (χ1n) is 6.93. The minimum atomic E-state index is 0.273. The van der Waals surface area contributed by atoms with E-state index >= 15 is 0 Å². The highest BCUT2D eigenvalue weighted by molar-refractivity contribution is 5.53. The van der Waals surface area contributed by atoms with Gasteiger partial charge in [-0.05, 0) is 32.1 Å². The predicted octanol–water partition coefficient (Wildman–Crippen LogP) is 3.73. The highest BCUT2D eigenvalue weighted by Crippen LogP contribution is 2.20. The average molecular weight is 226 g/mol. The molecule has 0 radical (unpaired) electrons. The molecule has 1 aliphatic carbocycles. The number of rotatable bonds is 8. The summed E-state index contributed by atoms with van der Waals surface area (Å²) < 4.78 is 5.84. The minimum Gasteiger partial charge on any atom is -0.378 e. The van der Waals surface area contributed by atoms with Crippen molar-refractivity contribution in [2.24, 2.45) is 5.92 Å². The third kappa shape index (κ3) is 5.64. The second-order valence-corrected chi connectivity index (χ2v) is 4.93. The molecule has 2 nitrogen and oxygen atoms in total. The maximum Gasteiger partial charge on any atom is 0.123 e. The lowest BCUT2D eigenvalue weighted by Gasteiger charge is -2.22. The molecule has 0 N–H and O–H groups in total. The van der Waals surface area contributed by atoms with Gasteiger partial charge in [-0.15, -0.1) is 0 Å². The lowest BCUT2D eigenvalue weighted by molar-refractivity contribution is -0.111. The summed E-state index contributed by atoms with van der Waals surface area (Å²) in [4.78, 5) is 10.6. The maximum atomic E-state index is 10.6. The van der Waals surface area contributed by atoms with Gasteiger partial charge in [0.2, 0.25) is 0 Å². The SMILES string of the molecule is CCC(C=O)CCCCOC1CCCCC1. The second kappa shape index (κ2) is 8.74. The van der Waals surface area contributed by atoms with Crippen LogP contribution >= 0.6 is 0 Å². The fourth-order valence-corrected chi connectivity index (χ4v) is 2.36. The van der Waals surface area contributed by atoms with E-state index in [1.165, 1.54) is 32.1 Å². The molecule has 2 heteroatoms. The quantitative estimate of drug-likeness (QED) is 0.465. The number of aldehydes is 1. The van der Waals surface area contributed by atoms with Crippen LogP contribution in [0.15, 0.2) is 0 Å². The zero-order chi connectivity index (χ0) is 11.6. The van der Waals surface area contributed by atoms with E-state index in [2.05, 4.69) is 6.92 Å². The van der Waals surface area contributed by atoms with Crippen molar-refractivity contribution in [3.8, 4) is 0 Å². The number of unbranched alkanes of at least 4 members (excludes halogenated alkanes) is 1. The highest BCUT2D eigenvalue weighted by atomic mass is 16.5. The van der Waals surface area contributed by atoms with Crippen LogP contribution in [0.2, 0.25) is 0 Å². The molecule has 1 atom stereocenters. The van der Waals surface area contributed by atoms with Crippen molar-refractivity contribution in [2.75, 3.05) is 6.61 Å². The molecule has 94 valence electrons. The Morgan fingerprint density at radius 3 is 2.62 bits per heavy atom. The molecular weight excluding hydrogens is 200 g/mol. The van der Waals surface area contributed by atoms with E-state index in [1.807, 2.05) is 0 Å². The zero-order valence-electron chi connectivity index (χ0n) is 10.6. The molecule has 0 aliphatic heterocycles. The van der Waals surface area contributed by atoms with Crippen molar-refractivity contribution < 1.29 is 9.53 Å². The van der Waals surface area contributed by atoms with Crippen molar-refractivity contribution in [3.05, 3.63) is 0 Å². The van der Waals surface area contributed by atoms with E-state index < -0.39 is 0 Å². The van der Waals surface area contributed by atoms with Crippen LogP contribution in [-0.4, -0.2) is 19.0 Å². The number of hydrogen-bond acceptors (Lipinski definition) is 2. The van der Waals surface area contributed by atoms with Crippen LogP contribution in [0.3, 0.4) is 0 Å². The van der Waals surface area contributed by atoms with Crippen molar-refractivity contribution in [2.45, 2.75) is 70.8 Å². The molecule has 1 unspecified atom stereocenters. The normalized spacial score (nSPS) is 19.6. The molecule has 16 heavy (non-hydrogen) atoms. The van der Waals surface area contributed by atoms with Gasteiger partial charge >= 0.3 is 0 Å². The lowest BCUT2D eigenvalue weighted by atomic mass is 9.98. The Labute approximate surface area is 99.8 Å². The van der Waals surface area contributed by atoms with Crippen LogP contribution < -0.4 is 0 Å². The second-order valence-electron chi connectivity index (χ2n) is 4.93. The molecule has 1 fully saturated rings. The average Bonchev–Trinajstić information content (AvgIpc) is 2.35. The zero-order valence-corrected chi connectivity index (χ0v) is 10.6. The molecule has 0 aromatic rings. The van der Waals surface area contributed by atoms with Gasteiger partial charge in [0.25, 0.3) is 0 Å². The highest BCUT2D eigenvalue weighted by Gasteiger charge is 2.13. The third-order valence-electron chi connectivity index (χ3n) is 3.59. The molecule has 0 aromatic heterocycles. The van der Waals surface area contributed by atoms with Crippen LogP contribution in [0.1, 0.15) is 64.7 Å². The Morgan fingerprint density at radius 2 is 2.00 bits per heavy atom. The summed E-state index contributed by atoms with van der Waals surface area (Å²) in [6.07, 6.45) is 12.5. The van der Waals surface area contributed by atoms with E-state index in [0.717, 1.165) is 38.6 Å². The van der Waals surface area contributed by atoms with Crippen molar-refractivity contribution in [1.82, 2.24) is 0 Å². The number of hydrogen-bond donors (Lipinski definition) is 0. The monoisotopic (exact) mass is 226 g/mol. The Bertz CT molecular complexity index is 174. The summed E-state index contributed by atoms with van der Waals surface area (Å²) in [6, 6.07) is 0. The smallest absolute Gasteiger partial charge is 0.123 e. The van der Waals surface area contributed by atoms with Gasteiger partial charge in [0.15, 0.2) is 0 Å². The van der Waals surface area contributed by atoms with Crippen molar-refractivity contribution in [1.29, 1.82) is 0 Å². The van der Waals surface area contributed by atoms with Crippen LogP contribution in [-0.2, 0) is 9.53 Å². The van der Waals surface area contributed by atoms with Gasteiger partial charge in [-0.2, -0.15) is 0 Å². The predicted molar refractivity (Wildman–Crippen MR) is 66.5 cm³/mol. The van der Waals surface area contributed by atoms with E-state index in [0.29, 0.717) is 6.10 Å². The molecule has 0 heterocycles. The van der Waals surface area contributed by atoms with Crippen LogP contribution in [0.5, 0.6) is 0 Å². The molecule has 0 amide bonds. The maximum absolute atomic E-state index is 10.6. The first-order chi connectivity index (χ1) is 7.86. The van der Waals surface area contributed by atoms with Crippen LogP contribution in [0.4, 0.5) is 0 Å². The molecule has 0 bridgehead atoms. The molecule has 0 saturated heterocycles. The molecule has 0 aromatic carbocycles. The molecular formula is C14H26O2. The van der Waals surface area contributed by atoms with E-state index in [-0.39, 0.29) is 5.92 Å². The summed E-state index contributed by atoms with van der Waals surface area (Å²) in [7, 11) is 0. The largest absolute Gasteiger partial charge is 0.378 e. The van der Waals surface area contributed by atoms with Gasteiger partial charge in [0.05, 0.1) is 6.10 Å². The Hall–Kier alpha value is -0.370. The summed E-state index contributed by atoms with van der Waals surface area (Å²) in [6.45, 7) is 2.97. The minimum absolute atomic E-state index is 0.273. The fraction of sp³-hybridized carbons (Fsp3) is 0.929. The molecule has 1 saturated carbocycles. The van der Waals surface area contributed by atoms with Gasteiger partial charge in [-0.25, -0.2) is 0 Å². The standard InChI is InChI=1S/C14H26O2/c1-2-13(12-15)8-6-7-11-16-14-9-4-3-5-10-14/h12-14H,2-11H2,1H3. The van der Waals surface area contributed by atoms with Crippen molar-refractivity contribution >= 4 is 6.29 Å². The number of carbonyl (C=O) groups excluding carboxylic acids is 1. The Balaban J connectivity index is 1.92.